The van der Waals surface area contributed by atoms with Crippen molar-refractivity contribution in [3.05, 3.63) is 0 Å². The molecule has 0 aliphatic heterocycles. The van der Waals surface area contributed by atoms with E-state index >= 15 is 0 Å². The highest BCUT2D eigenvalue weighted by Crippen LogP contribution is 2.06. The molecule has 0 aromatic carbocycles. The van der Waals surface area contributed by atoms with Gasteiger partial charge in [0.1, 0.15) is 5.54 Å². The van der Waals surface area contributed by atoms with Crippen molar-refractivity contribution in [1.29, 1.82) is 0 Å². The van der Waals surface area contributed by atoms with Crippen LogP contribution in [0, 0.1) is 0 Å². The van der Waals surface area contributed by atoms with Crippen molar-refractivity contribution in [1.82, 2.24) is 5.32 Å². The van der Waals surface area contributed by atoms with Gasteiger partial charge < -0.3 is 14.8 Å². The maximum absolute atomic E-state index is 11.4. The van der Waals surface area contributed by atoms with Gasteiger partial charge in [-0.3, -0.25) is 0 Å². The summed E-state index contributed by atoms with van der Waals surface area (Å²) in [6, 6.07) is -0.241. The molecule has 0 aliphatic rings. The Hall–Kier alpha value is -0.970. The van der Waals surface area contributed by atoms with Gasteiger partial charge in [-0.15, -0.1) is 0 Å². The van der Waals surface area contributed by atoms with E-state index in [9.17, 15) is 9.59 Å². The second-order valence-corrected chi connectivity index (χ2v) is 4.00. The lowest BCUT2D eigenvalue weighted by molar-refractivity contribution is -0.147. The number of alkyl carbamates (subject to hydrolysis) is 1. The summed E-state index contributed by atoms with van der Waals surface area (Å²) in [5.74, 6) is -0.602. The number of carbonyl (C=O) groups excluding carboxylic acids is 2. The SMILES string of the molecule is CCCCOC(=O)NC(C)(C)C(=O)OCCl. The van der Waals surface area contributed by atoms with Gasteiger partial charge in [0.05, 0.1) is 6.61 Å². The van der Waals surface area contributed by atoms with E-state index in [-0.39, 0.29) is 6.07 Å². The van der Waals surface area contributed by atoms with Crippen LogP contribution in [0.2, 0.25) is 0 Å². The lowest BCUT2D eigenvalue weighted by Crippen LogP contribution is -2.50. The zero-order valence-corrected chi connectivity index (χ0v) is 10.6. The third-order valence-corrected chi connectivity index (χ3v) is 1.95. The Balaban J connectivity index is 4.04. The highest BCUT2D eigenvalue weighted by atomic mass is 35.5. The second-order valence-electron chi connectivity index (χ2n) is 3.78. The Morgan fingerprint density at radius 3 is 2.44 bits per heavy atom. The minimum absolute atomic E-state index is 0.241. The number of alkyl halides is 1. The molecule has 0 radical (unpaired) electrons. The zero-order valence-electron chi connectivity index (χ0n) is 9.84. The van der Waals surface area contributed by atoms with E-state index in [0.29, 0.717) is 6.61 Å². The lowest BCUT2D eigenvalue weighted by atomic mass is 10.1. The van der Waals surface area contributed by atoms with Crippen LogP contribution in [-0.2, 0) is 14.3 Å². The Bertz CT molecular complexity index is 243. The predicted molar refractivity (Wildman–Crippen MR) is 60.3 cm³/mol. The summed E-state index contributed by atoms with van der Waals surface area (Å²) in [5, 5.41) is 2.41. The summed E-state index contributed by atoms with van der Waals surface area (Å²) >= 11 is 5.25. The summed E-state index contributed by atoms with van der Waals surface area (Å²) < 4.78 is 9.45. The number of rotatable bonds is 6. The number of hydrogen-bond donors (Lipinski definition) is 1. The van der Waals surface area contributed by atoms with Gasteiger partial charge in [0.25, 0.3) is 0 Å². The average molecular weight is 252 g/mol. The van der Waals surface area contributed by atoms with Gasteiger partial charge in [0.2, 0.25) is 0 Å². The monoisotopic (exact) mass is 251 g/mol. The number of carbonyl (C=O) groups is 2. The molecule has 0 bridgehead atoms. The van der Waals surface area contributed by atoms with Crippen LogP contribution in [0.25, 0.3) is 0 Å². The summed E-state index contributed by atoms with van der Waals surface area (Å²) in [6.45, 7) is 5.36. The fourth-order valence-electron chi connectivity index (χ4n) is 0.881. The molecule has 5 nitrogen and oxygen atoms in total. The van der Waals surface area contributed by atoms with Crippen molar-refractivity contribution in [2.45, 2.75) is 39.2 Å². The standard InChI is InChI=1S/C10H18ClNO4/c1-4-5-6-15-9(14)12-10(2,3)8(13)16-7-11/h4-7H2,1-3H3,(H,12,14). The van der Waals surface area contributed by atoms with Crippen LogP contribution >= 0.6 is 11.6 Å². The number of esters is 1. The summed E-state index contributed by atoms with van der Waals surface area (Å²) in [4.78, 5) is 22.6. The molecular formula is C10H18ClNO4. The number of amides is 1. The third-order valence-electron chi connectivity index (χ3n) is 1.84. The average Bonchev–Trinajstić information content (AvgIpc) is 2.17. The summed E-state index contributed by atoms with van der Waals surface area (Å²) in [6.07, 6.45) is 1.09. The quantitative estimate of drug-likeness (QED) is 0.446. The van der Waals surface area contributed by atoms with Crippen molar-refractivity contribution in [2.24, 2.45) is 0 Å². The molecule has 0 unspecified atom stereocenters. The molecule has 94 valence electrons. The van der Waals surface area contributed by atoms with Crippen LogP contribution in [0.4, 0.5) is 4.79 Å². The first kappa shape index (κ1) is 15.0. The van der Waals surface area contributed by atoms with E-state index in [1.807, 2.05) is 6.92 Å². The predicted octanol–water partition coefficient (Wildman–Crippen LogP) is 2.03. The largest absolute Gasteiger partial charge is 0.450 e. The molecule has 0 aromatic rings. The molecule has 16 heavy (non-hydrogen) atoms. The normalized spacial score (nSPS) is 10.8. The smallest absolute Gasteiger partial charge is 0.408 e. The van der Waals surface area contributed by atoms with Gasteiger partial charge in [0, 0.05) is 0 Å². The van der Waals surface area contributed by atoms with Crippen LogP contribution in [0.5, 0.6) is 0 Å². The van der Waals surface area contributed by atoms with Crippen molar-refractivity contribution in [3.8, 4) is 0 Å². The topological polar surface area (TPSA) is 64.6 Å². The minimum Gasteiger partial charge on any atom is -0.450 e. The molecule has 1 N–H and O–H groups in total. The van der Waals surface area contributed by atoms with E-state index < -0.39 is 17.6 Å². The Morgan fingerprint density at radius 2 is 1.94 bits per heavy atom. The van der Waals surface area contributed by atoms with E-state index in [2.05, 4.69) is 10.1 Å². The van der Waals surface area contributed by atoms with Crippen molar-refractivity contribution in [2.75, 3.05) is 12.7 Å². The second kappa shape index (κ2) is 7.33. The molecule has 0 heterocycles. The van der Waals surface area contributed by atoms with Crippen LogP contribution in [-0.4, -0.2) is 30.3 Å². The summed E-state index contributed by atoms with van der Waals surface area (Å²) in [5.41, 5.74) is -1.14. The highest BCUT2D eigenvalue weighted by Gasteiger charge is 2.31. The number of ether oxygens (including phenoxy) is 2. The van der Waals surface area contributed by atoms with Crippen molar-refractivity contribution < 1.29 is 19.1 Å². The number of hydrogen-bond acceptors (Lipinski definition) is 4. The minimum atomic E-state index is -1.14. The van der Waals surface area contributed by atoms with Gasteiger partial charge in [-0.05, 0) is 20.3 Å². The molecule has 0 atom stereocenters. The first-order chi connectivity index (χ1) is 7.44. The van der Waals surface area contributed by atoms with E-state index in [4.69, 9.17) is 16.3 Å². The molecule has 1 amide bonds. The molecule has 0 spiro atoms. The fourth-order valence-corrected chi connectivity index (χ4v) is 0.981. The van der Waals surface area contributed by atoms with E-state index in [1.54, 1.807) is 0 Å². The molecule has 0 aromatic heterocycles. The molecule has 0 saturated heterocycles. The summed E-state index contributed by atoms with van der Waals surface area (Å²) in [7, 11) is 0. The molecule has 6 heteroatoms. The van der Waals surface area contributed by atoms with Crippen molar-refractivity contribution in [3.63, 3.8) is 0 Å². The molecule has 0 fully saturated rings. The highest BCUT2D eigenvalue weighted by molar-refractivity contribution is 6.17. The van der Waals surface area contributed by atoms with Crippen LogP contribution in [0.1, 0.15) is 33.6 Å². The first-order valence-electron chi connectivity index (χ1n) is 5.12. The van der Waals surface area contributed by atoms with Gasteiger partial charge in [-0.2, -0.15) is 0 Å². The molecular weight excluding hydrogens is 234 g/mol. The lowest BCUT2D eigenvalue weighted by Gasteiger charge is -2.22. The third kappa shape index (κ3) is 5.80. The van der Waals surface area contributed by atoms with Gasteiger partial charge in [-0.25, -0.2) is 9.59 Å². The van der Waals surface area contributed by atoms with Crippen LogP contribution < -0.4 is 5.32 Å². The number of nitrogens with one attached hydrogen (secondary N) is 1. The molecule has 0 saturated carbocycles. The van der Waals surface area contributed by atoms with Gasteiger partial charge in [-0.1, -0.05) is 24.9 Å². The van der Waals surface area contributed by atoms with E-state index in [1.165, 1.54) is 13.8 Å². The van der Waals surface area contributed by atoms with Gasteiger partial charge >= 0.3 is 12.1 Å². The first-order valence-corrected chi connectivity index (χ1v) is 5.65. The van der Waals surface area contributed by atoms with Crippen molar-refractivity contribution >= 4 is 23.7 Å². The zero-order chi connectivity index (χ0) is 12.6. The molecule has 0 aliphatic carbocycles. The maximum atomic E-state index is 11.4. The molecule has 0 rings (SSSR count). The van der Waals surface area contributed by atoms with Crippen LogP contribution in [0.3, 0.4) is 0 Å². The fraction of sp³-hybridized carbons (Fsp3) is 0.800. The van der Waals surface area contributed by atoms with E-state index in [0.717, 1.165) is 12.8 Å². The number of halogens is 1. The Morgan fingerprint density at radius 1 is 1.31 bits per heavy atom. The number of unbranched alkanes of at least 4 members (excludes halogenated alkanes) is 1. The van der Waals surface area contributed by atoms with Crippen LogP contribution in [0.15, 0.2) is 0 Å². The Labute approximate surface area is 100 Å². The Kier molecular flexibility index (Phi) is 6.88. The van der Waals surface area contributed by atoms with Gasteiger partial charge in [0.15, 0.2) is 6.07 Å². The maximum Gasteiger partial charge on any atom is 0.408 e.